The van der Waals surface area contributed by atoms with Crippen LogP contribution in [0.25, 0.3) is 0 Å². The maximum Gasteiger partial charge on any atom is 0.222 e. The van der Waals surface area contributed by atoms with Crippen molar-refractivity contribution in [2.45, 2.75) is 46.1 Å². The van der Waals surface area contributed by atoms with Crippen molar-refractivity contribution in [3.05, 3.63) is 0 Å². The molecule has 0 aromatic rings. The number of amides is 1. The molecule has 0 aromatic carbocycles. The summed E-state index contributed by atoms with van der Waals surface area (Å²) < 4.78 is 0. The van der Waals surface area contributed by atoms with Crippen molar-refractivity contribution in [3.63, 3.8) is 0 Å². The van der Waals surface area contributed by atoms with Gasteiger partial charge in [0.2, 0.25) is 5.91 Å². The van der Waals surface area contributed by atoms with Gasteiger partial charge in [0.25, 0.3) is 0 Å². The molecule has 12 heavy (non-hydrogen) atoms. The van der Waals surface area contributed by atoms with E-state index in [-0.39, 0.29) is 11.8 Å². The maximum absolute atomic E-state index is 11.3. The van der Waals surface area contributed by atoms with E-state index in [2.05, 4.69) is 12.2 Å². The Morgan fingerprint density at radius 1 is 1.33 bits per heavy atom. The molecule has 1 rings (SSSR count). The van der Waals surface area contributed by atoms with E-state index in [4.69, 9.17) is 0 Å². The molecule has 1 amide bonds. The summed E-state index contributed by atoms with van der Waals surface area (Å²) in [6.07, 6.45) is 3.92. The summed E-state index contributed by atoms with van der Waals surface area (Å²) in [5.41, 5.74) is 0. The molecular weight excluding hydrogens is 150 g/mol. The molecule has 1 fully saturated rings. The molecule has 0 radical (unpaired) electrons. The summed E-state index contributed by atoms with van der Waals surface area (Å²) in [6, 6.07) is 0.383. The highest BCUT2D eigenvalue weighted by Gasteiger charge is 2.25. The molecule has 1 aliphatic rings. The smallest absolute Gasteiger partial charge is 0.222 e. The Labute approximate surface area is 74.7 Å². The summed E-state index contributed by atoms with van der Waals surface area (Å²) in [4.78, 5) is 11.3. The molecule has 2 nitrogen and oxygen atoms in total. The van der Waals surface area contributed by atoms with Crippen LogP contribution in [0.4, 0.5) is 0 Å². The number of carbonyl (C=O) groups excluding carboxylic acids is 1. The minimum atomic E-state index is 0.118. The first kappa shape index (κ1) is 9.56. The van der Waals surface area contributed by atoms with Gasteiger partial charge in [-0.2, -0.15) is 0 Å². The number of hydrogen-bond acceptors (Lipinski definition) is 1. The molecule has 70 valence electrons. The number of rotatable bonds is 3. The third-order valence-electron chi connectivity index (χ3n) is 2.75. The highest BCUT2D eigenvalue weighted by Crippen LogP contribution is 2.29. The van der Waals surface area contributed by atoms with Crippen LogP contribution in [-0.2, 0) is 4.79 Å². The third-order valence-corrected chi connectivity index (χ3v) is 2.75. The number of carbonyl (C=O) groups is 1. The van der Waals surface area contributed by atoms with Crippen LogP contribution in [0.2, 0.25) is 0 Å². The first-order valence-electron chi connectivity index (χ1n) is 4.91. The van der Waals surface area contributed by atoms with Gasteiger partial charge in [0.05, 0.1) is 0 Å². The van der Waals surface area contributed by atoms with E-state index in [1.54, 1.807) is 0 Å². The summed E-state index contributed by atoms with van der Waals surface area (Å²) in [5.74, 6) is 1.05. The van der Waals surface area contributed by atoms with Crippen molar-refractivity contribution in [3.8, 4) is 0 Å². The van der Waals surface area contributed by atoms with Gasteiger partial charge in [-0.15, -0.1) is 0 Å². The van der Waals surface area contributed by atoms with Gasteiger partial charge in [-0.1, -0.05) is 20.3 Å². The van der Waals surface area contributed by atoms with Gasteiger partial charge in [-0.25, -0.2) is 0 Å². The van der Waals surface area contributed by atoms with Gasteiger partial charge in [0.15, 0.2) is 0 Å². The molecule has 0 aliphatic heterocycles. The molecule has 0 aromatic heterocycles. The van der Waals surface area contributed by atoms with Crippen LogP contribution in [0.3, 0.4) is 0 Å². The molecule has 0 heterocycles. The van der Waals surface area contributed by atoms with Gasteiger partial charge in [-0.05, 0) is 25.7 Å². The number of nitrogens with one attached hydrogen (secondary N) is 1. The van der Waals surface area contributed by atoms with E-state index in [1.807, 2.05) is 13.8 Å². The Morgan fingerprint density at radius 3 is 2.25 bits per heavy atom. The quantitative estimate of drug-likeness (QED) is 0.687. The predicted molar refractivity (Wildman–Crippen MR) is 49.8 cm³/mol. The van der Waals surface area contributed by atoms with Crippen LogP contribution < -0.4 is 5.32 Å². The van der Waals surface area contributed by atoms with Gasteiger partial charge < -0.3 is 5.32 Å². The predicted octanol–water partition coefficient (Wildman–Crippen LogP) is 1.95. The van der Waals surface area contributed by atoms with Crippen molar-refractivity contribution in [2.24, 2.45) is 11.8 Å². The molecular formula is C10H19NO. The first-order chi connectivity index (χ1) is 5.61. The van der Waals surface area contributed by atoms with E-state index in [0.29, 0.717) is 6.04 Å². The first-order valence-corrected chi connectivity index (χ1v) is 4.91. The summed E-state index contributed by atoms with van der Waals surface area (Å²) >= 11 is 0. The highest BCUT2D eigenvalue weighted by atomic mass is 16.1. The van der Waals surface area contributed by atoms with Crippen LogP contribution in [0.15, 0.2) is 0 Å². The van der Waals surface area contributed by atoms with Crippen molar-refractivity contribution < 1.29 is 4.79 Å². The Morgan fingerprint density at radius 2 is 1.92 bits per heavy atom. The molecule has 1 N–H and O–H groups in total. The lowest BCUT2D eigenvalue weighted by molar-refractivity contribution is -0.125. The third kappa shape index (κ3) is 2.23. The van der Waals surface area contributed by atoms with Gasteiger partial charge in [-0.3, -0.25) is 4.79 Å². The Balaban J connectivity index is 2.24. The molecule has 0 spiro atoms. The lowest BCUT2D eigenvalue weighted by atomic mass is 9.80. The fourth-order valence-corrected chi connectivity index (χ4v) is 1.45. The zero-order valence-corrected chi connectivity index (χ0v) is 8.26. The minimum Gasteiger partial charge on any atom is -0.353 e. The monoisotopic (exact) mass is 169 g/mol. The van der Waals surface area contributed by atoms with E-state index in [1.165, 1.54) is 19.3 Å². The minimum absolute atomic E-state index is 0.118. The zero-order chi connectivity index (χ0) is 9.14. The van der Waals surface area contributed by atoms with Crippen molar-refractivity contribution in [2.75, 3.05) is 0 Å². The second-order valence-corrected chi connectivity index (χ2v) is 4.14. The Bertz CT molecular complexity index is 161. The lowest BCUT2D eigenvalue weighted by Gasteiger charge is -2.32. The summed E-state index contributed by atoms with van der Waals surface area (Å²) in [6.45, 7) is 5.98. The zero-order valence-electron chi connectivity index (χ0n) is 8.26. The molecule has 1 saturated carbocycles. The normalized spacial score (nSPS) is 20.3. The van der Waals surface area contributed by atoms with E-state index in [9.17, 15) is 4.79 Å². The average Bonchev–Trinajstić information content (AvgIpc) is 1.82. The lowest BCUT2D eigenvalue weighted by Crippen LogP contribution is -2.42. The van der Waals surface area contributed by atoms with Crippen molar-refractivity contribution in [1.29, 1.82) is 0 Å². The topological polar surface area (TPSA) is 29.1 Å². The van der Waals surface area contributed by atoms with Crippen LogP contribution in [0, 0.1) is 11.8 Å². The molecule has 1 aliphatic carbocycles. The van der Waals surface area contributed by atoms with Gasteiger partial charge >= 0.3 is 0 Å². The second kappa shape index (κ2) is 3.92. The average molecular weight is 169 g/mol. The fraction of sp³-hybridized carbons (Fsp3) is 0.900. The fourth-order valence-electron chi connectivity index (χ4n) is 1.45. The molecule has 0 saturated heterocycles. The van der Waals surface area contributed by atoms with Crippen LogP contribution >= 0.6 is 0 Å². The van der Waals surface area contributed by atoms with Crippen LogP contribution in [0.5, 0.6) is 0 Å². The van der Waals surface area contributed by atoms with E-state index in [0.717, 1.165) is 5.92 Å². The molecule has 0 unspecified atom stereocenters. The van der Waals surface area contributed by atoms with Gasteiger partial charge in [0.1, 0.15) is 0 Å². The highest BCUT2D eigenvalue weighted by molar-refractivity contribution is 5.78. The Kier molecular flexibility index (Phi) is 3.12. The van der Waals surface area contributed by atoms with Crippen molar-refractivity contribution in [1.82, 2.24) is 5.32 Å². The van der Waals surface area contributed by atoms with Gasteiger partial charge in [0, 0.05) is 12.0 Å². The van der Waals surface area contributed by atoms with Crippen LogP contribution in [-0.4, -0.2) is 11.9 Å². The molecule has 2 heteroatoms. The number of hydrogen-bond donors (Lipinski definition) is 1. The Hall–Kier alpha value is -0.530. The standard InChI is InChI=1S/C10H19NO/c1-7(2)10(12)11-8(3)9-5-4-6-9/h7-9H,4-6H2,1-3H3,(H,11,12)/t8-/m0/s1. The summed E-state index contributed by atoms with van der Waals surface area (Å²) in [5, 5.41) is 3.04. The van der Waals surface area contributed by atoms with E-state index >= 15 is 0 Å². The SMILES string of the molecule is CC(C)C(=O)N[C@@H](C)C1CCC1. The summed E-state index contributed by atoms with van der Waals surface area (Å²) in [7, 11) is 0. The van der Waals surface area contributed by atoms with Crippen molar-refractivity contribution >= 4 is 5.91 Å². The largest absolute Gasteiger partial charge is 0.353 e. The molecule has 1 atom stereocenters. The van der Waals surface area contributed by atoms with Crippen LogP contribution in [0.1, 0.15) is 40.0 Å². The molecule has 0 bridgehead atoms. The maximum atomic E-state index is 11.3. The van der Waals surface area contributed by atoms with E-state index < -0.39 is 0 Å². The second-order valence-electron chi connectivity index (χ2n) is 4.14.